The number of allylic oxidation sites excluding steroid dienone is 1. The molecule has 0 bridgehead atoms. The highest BCUT2D eigenvalue weighted by Crippen LogP contribution is 2.78. The van der Waals surface area contributed by atoms with Crippen molar-refractivity contribution >= 4 is 11.8 Å². The Labute approximate surface area is 188 Å². The predicted octanol–water partition coefficient (Wildman–Crippen LogP) is 3.99. The van der Waals surface area contributed by atoms with E-state index < -0.39 is 40.2 Å². The van der Waals surface area contributed by atoms with Crippen molar-refractivity contribution in [2.45, 2.75) is 77.8 Å². The van der Waals surface area contributed by atoms with Crippen LogP contribution in [0, 0.1) is 33.5 Å². The van der Waals surface area contributed by atoms with Crippen LogP contribution in [0.15, 0.2) is 35.2 Å². The molecule has 4 fully saturated rings. The van der Waals surface area contributed by atoms with Crippen LogP contribution in [0.4, 0.5) is 0 Å². The molecule has 6 rings (SSSR count). The minimum atomic E-state index is -0.890. The van der Waals surface area contributed by atoms with Gasteiger partial charge in [0.15, 0.2) is 6.10 Å². The number of epoxide rings is 1. The van der Waals surface area contributed by atoms with Gasteiger partial charge in [-0.15, -0.1) is 0 Å². The highest BCUT2D eigenvalue weighted by Gasteiger charge is 2.88. The van der Waals surface area contributed by atoms with Gasteiger partial charge in [0.05, 0.1) is 24.0 Å². The van der Waals surface area contributed by atoms with Crippen LogP contribution in [0.2, 0.25) is 0 Å². The predicted molar refractivity (Wildman–Crippen MR) is 114 cm³/mol. The van der Waals surface area contributed by atoms with Crippen molar-refractivity contribution in [1.82, 2.24) is 0 Å². The number of hydrogen-bond donors (Lipinski definition) is 1. The molecule has 0 radical (unpaired) electrons. The van der Waals surface area contributed by atoms with Crippen LogP contribution in [0.5, 0.6) is 0 Å². The molecule has 2 saturated heterocycles. The molecule has 9 unspecified atom stereocenters. The van der Waals surface area contributed by atoms with Crippen molar-refractivity contribution in [3.8, 4) is 0 Å². The molecule has 2 aliphatic heterocycles. The number of fused-ring (bicyclic) bond motifs is 3. The molecule has 1 aromatic heterocycles. The standard InChI is InChI=1S/C26H32O6/c1-22(2)16-12-18(28)25(5)15(23(16,3)9-7-17(22)27)6-10-24(4)19(14-8-11-30-13-14)31-21(29)20-26(24,25)32-20/h7-9,11,13,15-17,19-20,27H,6,10,12H2,1-5H3. The second-order valence-electron chi connectivity index (χ2n) is 12.0. The van der Waals surface area contributed by atoms with Gasteiger partial charge in [0.25, 0.3) is 0 Å². The van der Waals surface area contributed by atoms with Gasteiger partial charge >= 0.3 is 5.97 Å². The lowest BCUT2D eigenvalue weighted by Gasteiger charge is -2.66. The Balaban J connectivity index is 1.52. The molecule has 32 heavy (non-hydrogen) atoms. The summed E-state index contributed by atoms with van der Waals surface area (Å²) in [5, 5.41) is 10.7. The first-order valence-electron chi connectivity index (χ1n) is 11.8. The number of ether oxygens (including phenoxy) is 2. The Morgan fingerprint density at radius 1 is 1.06 bits per heavy atom. The van der Waals surface area contributed by atoms with Gasteiger partial charge < -0.3 is 19.0 Å². The Hall–Kier alpha value is -1.92. The topological polar surface area (TPSA) is 89.3 Å². The van der Waals surface area contributed by atoms with E-state index in [0.29, 0.717) is 6.42 Å². The number of carbonyl (C=O) groups excluding carboxylic acids is 2. The number of Topliss-reactive ketones (excluding diaryl/α,β-unsaturated/α-hetero) is 1. The van der Waals surface area contributed by atoms with Crippen LogP contribution in [0.3, 0.4) is 0 Å². The van der Waals surface area contributed by atoms with Gasteiger partial charge in [0.2, 0.25) is 0 Å². The quantitative estimate of drug-likeness (QED) is 0.404. The largest absolute Gasteiger partial charge is 0.472 e. The molecule has 2 saturated carbocycles. The lowest BCUT2D eigenvalue weighted by atomic mass is 9.36. The van der Waals surface area contributed by atoms with Gasteiger partial charge in [-0.25, -0.2) is 4.79 Å². The maximum Gasteiger partial charge on any atom is 0.339 e. The Morgan fingerprint density at radius 3 is 2.50 bits per heavy atom. The minimum absolute atomic E-state index is 0.0123. The summed E-state index contributed by atoms with van der Waals surface area (Å²) >= 11 is 0. The van der Waals surface area contributed by atoms with E-state index in [-0.39, 0.29) is 29.0 Å². The number of hydrogen-bond acceptors (Lipinski definition) is 6. The van der Waals surface area contributed by atoms with Gasteiger partial charge in [0.1, 0.15) is 17.5 Å². The summed E-state index contributed by atoms with van der Waals surface area (Å²) in [5.41, 5.74) is -2.12. The van der Waals surface area contributed by atoms with Crippen LogP contribution >= 0.6 is 0 Å². The molecule has 0 amide bonds. The van der Waals surface area contributed by atoms with E-state index in [1.165, 1.54) is 0 Å². The van der Waals surface area contributed by atoms with Crippen molar-refractivity contribution in [3.63, 3.8) is 0 Å². The smallest absolute Gasteiger partial charge is 0.339 e. The van der Waals surface area contributed by atoms with Crippen molar-refractivity contribution < 1.29 is 28.6 Å². The maximum absolute atomic E-state index is 14.1. The summed E-state index contributed by atoms with van der Waals surface area (Å²) in [4.78, 5) is 27.1. The van der Waals surface area contributed by atoms with Gasteiger partial charge in [-0.1, -0.05) is 39.8 Å². The number of esters is 1. The molecule has 6 heteroatoms. The first kappa shape index (κ1) is 20.7. The summed E-state index contributed by atoms with van der Waals surface area (Å²) < 4.78 is 17.6. The fraction of sp³-hybridized carbons (Fsp3) is 0.692. The third-order valence-electron chi connectivity index (χ3n) is 10.5. The van der Waals surface area contributed by atoms with Gasteiger partial charge in [0, 0.05) is 17.4 Å². The first-order valence-corrected chi connectivity index (χ1v) is 11.8. The molecule has 1 spiro atoms. The molecule has 1 N–H and O–H groups in total. The Bertz CT molecular complexity index is 1040. The molecular formula is C26H32O6. The molecule has 0 aromatic carbocycles. The average molecular weight is 441 g/mol. The zero-order valence-corrected chi connectivity index (χ0v) is 19.4. The normalized spacial score (nSPS) is 52.9. The van der Waals surface area contributed by atoms with Crippen LogP contribution < -0.4 is 0 Å². The summed E-state index contributed by atoms with van der Waals surface area (Å²) in [5.74, 6) is -0.197. The molecule has 9 atom stereocenters. The van der Waals surface area contributed by atoms with E-state index in [2.05, 4.69) is 33.8 Å². The van der Waals surface area contributed by atoms with Gasteiger partial charge in [-0.05, 0) is 48.5 Å². The number of aliphatic hydroxyl groups excluding tert-OH is 1. The van der Waals surface area contributed by atoms with Gasteiger partial charge in [-0.2, -0.15) is 0 Å². The highest BCUT2D eigenvalue weighted by atomic mass is 16.7. The lowest BCUT2D eigenvalue weighted by Crippen LogP contribution is -2.71. The summed E-state index contributed by atoms with van der Waals surface area (Å²) in [6.45, 7) is 10.5. The molecule has 1 aromatic rings. The Kier molecular flexibility index (Phi) is 3.72. The van der Waals surface area contributed by atoms with Gasteiger partial charge in [-0.3, -0.25) is 4.79 Å². The molecule has 172 valence electrons. The molecule has 6 nitrogen and oxygen atoms in total. The number of cyclic esters (lactones) is 1. The minimum Gasteiger partial charge on any atom is -0.472 e. The second kappa shape index (κ2) is 5.76. The molecule has 3 heterocycles. The third-order valence-corrected chi connectivity index (χ3v) is 10.5. The number of furan rings is 1. The van der Waals surface area contributed by atoms with Crippen LogP contribution in [-0.4, -0.2) is 34.7 Å². The average Bonchev–Trinajstić information content (AvgIpc) is 3.30. The van der Waals surface area contributed by atoms with Crippen LogP contribution in [-0.2, 0) is 19.1 Å². The highest BCUT2D eigenvalue weighted by molar-refractivity contribution is 5.93. The monoisotopic (exact) mass is 440 g/mol. The number of rotatable bonds is 1. The summed E-state index contributed by atoms with van der Waals surface area (Å²) in [6, 6.07) is 1.84. The van der Waals surface area contributed by atoms with Crippen molar-refractivity contribution in [2.24, 2.45) is 33.5 Å². The first-order chi connectivity index (χ1) is 14.9. The molecule has 5 aliphatic rings. The zero-order chi connectivity index (χ0) is 22.9. The van der Waals surface area contributed by atoms with E-state index in [1.54, 1.807) is 12.5 Å². The van der Waals surface area contributed by atoms with Crippen LogP contribution in [0.25, 0.3) is 0 Å². The van der Waals surface area contributed by atoms with E-state index in [0.717, 1.165) is 18.4 Å². The molecule has 3 aliphatic carbocycles. The lowest BCUT2D eigenvalue weighted by molar-refractivity contribution is -0.213. The number of carbonyl (C=O) groups is 2. The fourth-order valence-corrected chi connectivity index (χ4v) is 8.70. The van der Waals surface area contributed by atoms with Crippen LogP contribution in [0.1, 0.15) is 65.5 Å². The van der Waals surface area contributed by atoms with Crippen molar-refractivity contribution in [1.29, 1.82) is 0 Å². The third kappa shape index (κ3) is 1.98. The maximum atomic E-state index is 14.1. The Morgan fingerprint density at radius 2 is 1.81 bits per heavy atom. The molecular weight excluding hydrogens is 408 g/mol. The fourth-order valence-electron chi connectivity index (χ4n) is 8.70. The summed E-state index contributed by atoms with van der Waals surface area (Å²) in [6.07, 6.45) is 7.45. The van der Waals surface area contributed by atoms with E-state index in [1.807, 2.05) is 19.1 Å². The van der Waals surface area contributed by atoms with E-state index in [4.69, 9.17) is 13.9 Å². The SMILES string of the molecule is CC1(C)C(O)C=CC2(C)C1CC(=O)C1(C)C2CCC2(C)C(c3ccoc3)OC(=O)C3OC321. The van der Waals surface area contributed by atoms with E-state index in [9.17, 15) is 14.7 Å². The zero-order valence-electron chi connectivity index (χ0n) is 19.4. The summed E-state index contributed by atoms with van der Waals surface area (Å²) in [7, 11) is 0. The second-order valence-corrected chi connectivity index (χ2v) is 12.0. The van der Waals surface area contributed by atoms with E-state index >= 15 is 0 Å². The number of ketones is 1. The number of aliphatic hydroxyl groups is 1. The van der Waals surface area contributed by atoms with Crippen molar-refractivity contribution in [2.75, 3.05) is 0 Å². The van der Waals surface area contributed by atoms with Crippen molar-refractivity contribution in [3.05, 3.63) is 36.3 Å².